The molecule has 0 aliphatic carbocycles. The summed E-state index contributed by atoms with van der Waals surface area (Å²) in [5.41, 5.74) is -0.650. The number of ether oxygens (including phenoxy) is 1. The first-order chi connectivity index (χ1) is 11.7. The lowest BCUT2D eigenvalue weighted by Gasteiger charge is -2.45. The van der Waals surface area contributed by atoms with Gasteiger partial charge in [0.05, 0.1) is 11.2 Å². The normalized spacial score (nSPS) is 19.1. The summed E-state index contributed by atoms with van der Waals surface area (Å²) in [6.45, 7) is 1.53. The average molecular weight is 423 g/mol. The molecule has 2 aromatic rings. The van der Waals surface area contributed by atoms with E-state index in [9.17, 15) is 9.18 Å². The molecular formula is C17H19Cl3FN3O2. The molecule has 1 N–H and O–H groups in total. The zero-order chi connectivity index (χ0) is 17.0. The fourth-order valence-corrected chi connectivity index (χ4v) is 3.10. The lowest BCUT2D eigenvalue weighted by Crippen LogP contribution is -2.61. The highest BCUT2D eigenvalue weighted by Gasteiger charge is 2.43. The van der Waals surface area contributed by atoms with Gasteiger partial charge in [-0.1, -0.05) is 23.7 Å². The lowest BCUT2D eigenvalue weighted by molar-refractivity contribution is -0.127. The number of piperazine rings is 1. The summed E-state index contributed by atoms with van der Waals surface area (Å²) in [7, 11) is 0. The van der Waals surface area contributed by atoms with E-state index in [1.807, 2.05) is 0 Å². The van der Waals surface area contributed by atoms with Gasteiger partial charge < -0.3 is 15.0 Å². The second-order valence-corrected chi connectivity index (χ2v) is 5.99. The van der Waals surface area contributed by atoms with E-state index in [0.29, 0.717) is 30.9 Å². The number of rotatable bonds is 5. The predicted octanol–water partition coefficient (Wildman–Crippen LogP) is 3.05. The zero-order valence-electron chi connectivity index (χ0n) is 13.7. The minimum Gasteiger partial charge on any atom is -0.489 e. The molecule has 1 aliphatic rings. The van der Waals surface area contributed by atoms with E-state index in [2.05, 4.69) is 10.3 Å². The van der Waals surface area contributed by atoms with Crippen molar-refractivity contribution in [2.45, 2.75) is 5.54 Å². The van der Waals surface area contributed by atoms with Crippen molar-refractivity contribution in [2.75, 3.05) is 26.2 Å². The van der Waals surface area contributed by atoms with E-state index in [-0.39, 0.29) is 36.4 Å². The van der Waals surface area contributed by atoms with Crippen LogP contribution in [-0.4, -0.2) is 42.5 Å². The minimum absolute atomic E-state index is 0. The number of pyridine rings is 1. The quantitative estimate of drug-likeness (QED) is 0.753. The van der Waals surface area contributed by atoms with Gasteiger partial charge in [-0.15, -0.1) is 24.8 Å². The van der Waals surface area contributed by atoms with E-state index in [1.54, 1.807) is 41.6 Å². The maximum absolute atomic E-state index is 14.7. The van der Waals surface area contributed by atoms with E-state index in [4.69, 9.17) is 16.3 Å². The smallest absolute Gasteiger partial charge is 0.210 e. The monoisotopic (exact) mass is 421 g/mol. The van der Waals surface area contributed by atoms with Gasteiger partial charge in [-0.05, 0) is 18.2 Å². The Morgan fingerprint density at radius 1 is 1.35 bits per heavy atom. The molecule has 1 aromatic carbocycles. The highest BCUT2D eigenvalue weighted by atomic mass is 35.5. The highest BCUT2D eigenvalue weighted by molar-refractivity contribution is 6.30. The Labute approximate surface area is 168 Å². The van der Waals surface area contributed by atoms with Crippen LogP contribution in [0, 0.1) is 5.82 Å². The van der Waals surface area contributed by atoms with Crippen molar-refractivity contribution in [3.63, 3.8) is 0 Å². The zero-order valence-corrected chi connectivity index (χ0v) is 16.1. The van der Waals surface area contributed by atoms with Crippen LogP contribution in [0.15, 0.2) is 42.7 Å². The Bertz CT molecular complexity index is 724. The largest absolute Gasteiger partial charge is 0.489 e. The molecule has 0 spiro atoms. The van der Waals surface area contributed by atoms with E-state index >= 15 is 0 Å². The summed E-state index contributed by atoms with van der Waals surface area (Å²) < 4.78 is 20.5. The van der Waals surface area contributed by atoms with E-state index < -0.39 is 11.4 Å². The van der Waals surface area contributed by atoms with Gasteiger partial charge in [0.2, 0.25) is 6.41 Å². The number of nitrogens with one attached hydrogen (secondary N) is 1. The number of amides is 1. The molecule has 5 nitrogen and oxygen atoms in total. The first-order valence-electron chi connectivity index (χ1n) is 7.57. The Morgan fingerprint density at radius 2 is 2.15 bits per heavy atom. The second-order valence-electron chi connectivity index (χ2n) is 5.59. The van der Waals surface area contributed by atoms with Crippen molar-refractivity contribution >= 4 is 42.8 Å². The summed E-state index contributed by atoms with van der Waals surface area (Å²) in [6, 6.07) is 8.30. The third-order valence-corrected chi connectivity index (χ3v) is 4.48. The summed E-state index contributed by atoms with van der Waals surface area (Å²) in [5, 5.41) is 3.23. The Hall–Kier alpha value is -1.60. The molecule has 1 unspecified atom stereocenters. The molecule has 1 aliphatic heterocycles. The number of aromatic nitrogens is 1. The van der Waals surface area contributed by atoms with E-state index in [0.717, 1.165) is 6.41 Å². The SMILES string of the molecule is Cl.Cl.O=CN1CCNCC1(COc1cccnc1)c1cccc(Cl)c1F. The molecule has 26 heavy (non-hydrogen) atoms. The number of halogens is 4. The minimum atomic E-state index is -0.981. The first-order valence-corrected chi connectivity index (χ1v) is 7.95. The number of benzene rings is 1. The topological polar surface area (TPSA) is 54.5 Å². The molecule has 1 amide bonds. The van der Waals surface area contributed by atoms with Crippen LogP contribution in [0.3, 0.4) is 0 Å². The lowest BCUT2D eigenvalue weighted by atomic mass is 9.86. The molecular weight excluding hydrogens is 404 g/mol. The van der Waals surface area contributed by atoms with Gasteiger partial charge in [-0.25, -0.2) is 4.39 Å². The van der Waals surface area contributed by atoms with E-state index in [1.165, 1.54) is 6.07 Å². The standard InChI is InChI=1S/C17H17ClFN3O2.2ClH/c18-15-5-1-4-14(16(15)19)17(10-21-7-8-22(17)12-23)11-24-13-3-2-6-20-9-13;;/h1-6,9,12,21H,7-8,10-11H2;2*1H. The summed E-state index contributed by atoms with van der Waals surface area (Å²) >= 11 is 5.95. The van der Waals surface area contributed by atoms with Gasteiger partial charge in [0.25, 0.3) is 0 Å². The van der Waals surface area contributed by atoms with Gasteiger partial charge in [-0.3, -0.25) is 9.78 Å². The van der Waals surface area contributed by atoms with Crippen molar-refractivity contribution in [1.29, 1.82) is 0 Å². The number of hydrogen-bond donors (Lipinski definition) is 1. The molecule has 2 heterocycles. The van der Waals surface area contributed by atoms with Crippen LogP contribution in [0.5, 0.6) is 5.75 Å². The van der Waals surface area contributed by atoms with Crippen LogP contribution < -0.4 is 10.1 Å². The molecule has 0 bridgehead atoms. The summed E-state index contributed by atoms with van der Waals surface area (Å²) in [5.74, 6) is 0.0141. The molecule has 1 atom stereocenters. The Kier molecular flexibility index (Phi) is 8.56. The molecule has 142 valence electrons. The third-order valence-electron chi connectivity index (χ3n) is 4.19. The predicted molar refractivity (Wildman–Crippen MR) is 103 cm³/mol. The maximum Gasteiger partial charge on any atom is 0.210 e. The molecule has 1 saturated heterocycles. The van der Waals surface area contributed by atoms with Crippen molar-refractivity contribution in [2.24, 2.45) is 0 Å². The third kappa shape index (κ3) is 4.38. The molecule has 0 saturated carbocycles. The van der Waals surface area contributed by atoms with Gasteiger partial charge in [0.15, 0.2) is 0 Å². The van der Waals surface area contributed by atoms with Crippen LogP contribution in [0.1, 0.15) is 5.56 Å². The number of carbonyl (C=O) groups excluding carboxylic acids is 1. The fourth-order valence-electron chi connectivity index (χ4n) is 2.92. The number of nitrogens with zero attached hydrogens (tertiary/aromatic N) is 2. The van der Waals surface area contributed by atoms with Gasteiger partial charge in [0.1, 0.15) is 23.7 Å². The molecule has 1 aromatic heterocycles. The Balaban J connectivity index is 0.00000169. The van der Waals surface area contributed by atoms with Gasteiger partial charge in [0, 0.05) is 31.4 Å². The number of carbonyl (C=O) groups is 1. The summed E-state index contributed by atoms with van der Waals surface area (Å²) in [6.07, 6.45) is 3.94. The van der Waals surface area contributed by atoms with Crippen molar-refractivity contribution in [3.8, 4) is 5.75 Å². The van der Waals surface area contributed by atoms with Crippen LogP contribution in [0.4, 0.5) is 4.39 Å². The Morgan fingerprint density at radius 3 is 2.85 bits per heavy atom. The van der Waals surface area contributed by atoms with Crippen LogP contribution >= 0.6 is 36.4 Å². The van der Waals surface area contributed by atoms with Crippen molar-refractivity contribution in [3.05, 3.63) is 59.1 Å². The van der Waals surface area contributed by atoms with Crippen LogP contribution in [0.2, 0.25) is 5.02 Å². The highest BCUT2D eigenvalue weighted by Crippen LogP contribution is 2.34. The first kappa shape index (κ1) is 22.4. The maximum atomic E-state index is 14.7. The van der Waals surface area contributed by atoms with Crippen LogP contribution in [-0.2, 0) is 10.3 Å². The van der Waals surface area contributed by atoms with Gasteiger partial charge in [-0.2, -0.15) is 0 Å². The second kappa shape index (κ2) is 9.92. The summed E-state index contributed by atoms with van der Waals surface area (Å²) in [4.78, 5) is 17.2. The van der Waals surface area contributed by atoms with Crippen molar-refractivity contribution in [1.82, 2.24) is 15.2 Å². The number of hydrogen-bond acceptors (Lipinski definition) is 4. The van der Waals surface area contributed by atoms with Crippen molar-refractivity contribution < 1.29 is 13.9 Å². The molecule has 1 fully saturated rings. The molecule has 9 heteroatoms. The van der Waals surface area contributed by atoms with Crippen LogP contribution in [0.25, 0.3) is 0 Å². The molecule has 3 rings (SSSR count). The average Bonchev–Trinajstić information content (AvgIpc) is 2.63. The van der Waals surface area contributed by atoms with Gasteiger partial charge >= 0.3 is 0 Å². The fraction of sp³-hybridized carbons (Fsp3) is 0.294. The molecule has 0 radical (unpaired) electrons.